The molecule has 2 fully saturated rings. The summed E-state index contributed by atoms with van der Waals surface area (Å²) in [6.45, 7) is 7.25. The zero-order valence-corrected chi connectivity index (χ0v) is 17.6. The van der Waals surface area contributed by atoms with Crippen LogP contribution < -0.4 is 15.1 Å². The van der Waals surface area contributed by atoms with Gasteiger partial charge in [0.05, 0.1) is 18.9 Å². The maximum absolute atomic E-state index is 14.1. The lowest BCUT2D eigenvalue weighted by Gasteiger charge is -2.38. The van der Waals surface area contributed by atoms with Gasteiger partial charge in [0.15, 0.2) is 5.96 Å². The van der Waals surface area contributed by atoms with Crippen LogP contribution >= 0.6 is 0 Å². The molecule has 0 unspecified atom stereocenters. The van der Waals surface area contributed by atoms with E-state index in [1.54, 1.807) is 6.07 Å². The molecule has 2 aromatic carbocycles. The molecule has 0 amide bonds. The summed E-state index contributed by atoms with van der Waals surface area (Å²) >= 11 is 0. The molecular weight excluding hydrogens is 381 g/mol. The Hall–Kier alpha value is -2.80. The van der Waals surface area contributed by atoms with E-state index < -0.39 is 0 Å². The number of benzene rings is 2. The first-order chi connectivity index (χ1) is 14.8. The van der Waals surface area contributed by atoms with E-state index in [9.17, 15) is 4.39 Å². The number of nitrogens with one attached hydrogen (secondary N) is 1. The van der Waals surface area contributed by atoms with E-state index in [1.807, 2.05) is 19.2 Å². The van der Waals surface area contributed by atoms with Crippen LogP contribution in [0.5, 0.6) is 0 Å². The maximum Gasteiger partial charge on any atom is 0.194 e. The largest absolute Gasteiger partial charge is 0.378 e. The molecule has 7 heteroatoms. The minimum absolute atomic E-state index is 0.159. The lowest BCUT2D eigenvalue weighted by Crippen LogP contribution is -2.52. The zero-order valence-electron chi connectivity index (χ0n) is 17.6. The molecule has 0 aliphatic carbocycles. The van der Waals surface area contributed by atoms with Gasteiger partial charge in [0.2, 0.25) is 0 Å². The number of halogens is 1. The number of para-hydroxylation sites is 2. The van der Waals surface area contributed by atoms with E-state index in [0.29, 0.717) is 12.2 Å². The van der Waals surface area contributed by atoms with Crippen molar-refractivity contribution in [2.45, 2.75) is 6.54 Å². The van der Waals surface area contributed by atoms with Gasteiger partial charge >= 0.3 is 0 Å². The van der Waals surface area contributed by atoms with Crippen LogP contribution in [0.3, 0.4) is 0 Å². The van der Waals surface area contributed by atoms with Gasteiger partial charge in [-0.15, -0.1) is 0 Å². The molecule has 0 spiro atoms. The van der Waals surface area contributed by atoms with Gasteiger partial charge in [-0.2, -0.15) is 0 Å². The molecule has 30 heavy (non-hydrogen) atoms. The molecule has 2 aliphatic heterocycles. The molecule has 0 radical (unpaired) electrons. The third kappa shape index (κ3) is 4.67. The van der Waals surface area contributed by atoms with Crippen LogP contribution in [0, 0.1) is 5.82 Å². The van der Waals surface area contributed by atoms with E-state index in [2.05, 4.69) is 49.3 Å². The highest BCUT2D eigenvalue weighted by molar-refractivity contribution is 5.80. The lowest BCUT2D eigenvalue weighted by atomic mass is 10.1. The molecule has 1 N–H and O–H groups in total. The highest BCUT2D eigenvalue weighted by Crippen LogP contribution is 2.22. The monoisotopic (exact) mass is 411 g/mol. The van der Waals surface area contributed by atoms with Crippen molar-refractivity contribution in [2.24, 2.45) is 4.99 Å². The second-order valence-corrected chi connectivity index (χ2v) is 7.55. The van der Waals surface area contributed by atoms with Crippen molar-refractivity contribution in [3.8, 4) is 0 Å². The van der Waals surface area contributed by atoms with Gasteiger partial charge < -0.3 is 24.8 Å². The van der Waals surface area contributed by atoms with Crippen molar-refractivity contribution in [3.05, 3.63) is 59.9 Å². The summed E-state index contributed by atoms with van der Waals surface area (Å²) in [5, 5.41) is 3.53. The van der Waals surface area contributed by atoms with Crippen molar-refractivity contribution in [1.82, 2.24) is 10.2 Å². The molecule has 0 saturated carbocycles. The van der Waals surface area contributed by atoms with E-state index in [-0.39, 0.29) is 5.82 Å². The fraction of sp³-hybridized carbons (Fsp3) is 0.435. The zero-order chi connectivity index (χ0) is 20.8. The minimum atomic E-state index is -0.159. The first kappa shape index (κ1) is 20.5. The van der Waals surface area contributed by atoms with Crippen molar-refractivity contribution < 1.29 is 9.13 Å². The molecule has 2 saturated heterocycles. The Balaban J connectivity index is 1.36. The summed E-state index contributed by atoms with van der Waals surface area (Å²) < 4.78 is 19.6. The third-order valence-electron chi connectivity index (χ3n) is 5.76. The Morgan fingerprint density at radius 1 is 0.900 bits per heavy atom. The van der Waals surface area contributed by atoms with Crippen molar-refractivity contribution >= 4 is 17.3 Å². The molecule has 4 rings (SSSR count). The summed E-state index contributed by atoms with van der Waals surface area (Å²) in [6.07, 6.45) is 0. The summed E-state index contributed by atoms with van der Waals surface area (Å²) in [6, 6.07) is 15.5. The molecule has 2 heterocycles. The number of ether oxygens (including phenoxy) is 1. The van der Waals surface area contributed by atoms with Crippen molar-refractivity contribution in [2.75, 3.05) is 69.3 Å². The predicted molar refractivity (Wildman–Crippen MR) is 120 cm³/mol. The second kappa shape index (κ2) is 9.80. The number of guanidine groups is 1. The molecule has 6 nitrogen and oxygen atoms in total. The van der Waals surface area contributed by atoms with Crippen LogP contribution in [0.15, 0.2) is 53.5 Å². The molecule has 0 bridgehead atoms. The van der Waals surface area contributed by atoms with Gasteiger partial charge in [-0.3, -0.25) is 4.99 Å². The van der Waals surface area contributed by atoms with E-state index in [4.69, 9.17) is 4.74 Å². The maximum atomic E-state index is 14.1. The Morgan fingerprint density at radius 3 is 2.23 bits per heavy atom. The van der Waals surface area contributed by atoms with Gasteiger partial charge in [-0.25, -0.2) is 4.39 Å². The van der Waals surface area contributed by atoms with Crippen LogP contribution in [0.1, 0.15) is 5.56 Å². The topological polar surface area (TPSA) is 43.3 Å². The van der Waals surface area contributed by atoms with Crippen molar-refractivity contribution in [3.63, 3.8) is 0 Å². The standard InChI is InChI=1S/C23H30FN5O/c1-25-23(29-12-10-27(11-13-29)22-9-5-3-7-20(22)24)26-18-19-6-2-4-8-21(19)28-14-16-30-17-15-28/h2-9H,10-18H2,1H3,(H,25,26). The summed E-state index contributed by atoms with van der Waals surface area (Å²) in [7, 11) is 1.82. The number of hydrogen-bond donors (Lipinski definition) is 1. The number of rotatable bonds is 4. The number of piperazine rings is 1. The molecule has 2 aliphatic rings. The Morgan fingerprint density at radius 2 is 1.53 bits per heavy atom. The smallest absolute Gasteiger partial charge is 0.194 e. The normalized spacial score (nSPS) is 17.9. The predicted octanol–water partition coefficient (Wildman–Crippen LogP) is 2.56. The molecule has 2 aromatic rings. The van der Waals surface area contributed by atoms with Crippen molar-refractivity contribution in [1.29, 1.82) is 0 Å². The van der Waals surface area contributed by atoms with Gasteiger partial charge in [-0.05, 0) is 23.8 Å². The highest BCUT2D eigenvalue weighted by atomic mass is 19.1. The molecular formula is C23H30FN5O. The number of aliphatic imine (C=N–C) groups is 1. The van der Waals surface area contributed by atoms with E-state index >= 15 is 0 Å². The highest BCUT2D eigenvalue weighted by Gasteiger charge is 2.22. The number of anilines is 2. The fourth-order valence-corrected chi connectivity index (χ4v) is 4.15. The van der Waals surface area contributed by atoms with Gasteiger partial charge in [0.25, 0.3) is 0 Å². The first-order valence-corrected chi connectivity index (χ1v) is 10.6. The van der Waals surface area contributed by atoms with Crippen LogP contribution in [0.2, 0.25) is 0 Å². The van der Waals surface area contributed by atoms with Crippen LogP contribution in [0.4, 0.5) is 15.8 Å². The number of hydrogen-bond acceptors (Lipinski definition) is 4. The van der Waals surface area contributed by atoms with Crippen LogP contribution in [-0.2, 0) is 11.3 Å². The Kier molecular flexibility index (Phi) is 6.69. The van der Waals surface area contributed by atoms with Crippen LogP contribution in [0.25, 0.3) is 0 Å². The SMILES string of the molecule is CN=C(NCc1ccccc1N1CCOCC1)N1CCN(c2ccccc2F)CC1. The molecule has 0 aromatic heterocycles. The van der Waals surface area contributed by atoms with E-state index in [1.165, 1.54) is 17.3 Å². The molecule has 160 valence electrons. The lowest BCUT2D eigenvalue weighted by molar-refractivity contribution is 0.122. The number of nitrogens with zero attached hydrogens (tertiary/aromatic N) is 4. The summed E-state index contributed by atoms with van der Waals surface area (Å²) in [4.78, 5) is 11.2. The minimum Gasteiger partial charge on any atom is -0.378 e. The average molecular weight is 412 g/mol. The van der Waals surface area contributed by atoms with Gasteiger partial charge in [0.1, 0.15) is 5.82 Å². The molecule has 0 atom stereocenters. The van der Waals surface area contributed by atoms with E-state index in [0.717, 1.165) is 58.4 Å². The number of morpholine rings is 1. The van der Waals surface area contributed by atoms with Crippen LogP contribution in [-0.4, -0.2) is 70.4 Å². The quantitative estimate of drug-likeness (QED) is 0.619. The fourth-order valence-electron chi connectivity index (χ4n) is 4.15. The third-order valence-corrected chi connectivity index (χ3v) is 5.76. The Labute approximate surface area is 177 Å². The summed E-state index contributed by atoms with van der Waals surface area (Å²) in [5.41, 5.74) is 3.19. The Bertz CT molecular complexity index is 860. The summed E-state index contributed by atoms with van der Waals surface area (Å²) in [5.74, 6) is 0.730. The first-order valence-electron chi connectivity index (χ1n) is 10.6. The second-order valence-electron chi connectivity index (χ2n) is 7.55. The van der Waals surface area contributed by atoms with Gasteiger partial charge in [-0.1, -0.05) is 30.3 Å². The average Bonchev–Trinajstić information content (AvgIpc) is 2.81. The van der Waals surface area contributed by atoms with Gasteiger partial charge in [0, 0.05) is 58.5 Å².